The van der Waals surface area contributed by atoms with E-state index < -0.39 is 11.9 Å². The number of hydrogen-bond donors (Lipinski definition) is 3. The molecule has 1 aromatic heterocycles. The Morgan fingerprint density at radius 3 is 2.44 bits per heavy atom. The van der Waals surface area contributed by atoms with Gasteiger partial charge >= 0.3 is 0 Å². The van der Waals surface area contributed by atoms with Crippen LogP contribution in [0.1, 0.15) is 32.5 Å². The summed E-state index contributed by atoms with van der Waals surface area (Å²) < 4.78 is 1.75. The van der Waals surface area contributed by atoms with E-state index in [1.807, 2.05) is 20.8 Å². The summed E-state index contributed by atoms with van der Waals surface area (Å²) in [5.41, 5.74) is 12.4. The van der Waals surface area contributed by atoms with Crippen LogP contribution in [0.15, 0.2) is 0 Å². The van der Waals surface area contributed by atoms with Gasteiger partial charge in [0.05, 0.1) is 11.4 Å². The van der Waals surface area contributed by atoms with Crippen molar-refractivity contribution in [2.45, 2.75) is 39.8 Å². The van der Waals surface area contributed by atoms with Crippen molar-refractivity contribution in [3.63, 3.8) is 0 Å². The first-order valence-electron chi connectivity index (χ1n) is 5.25. The first-order valence-corrected chi connectivity index (χ1v) is 5.25. The Balaban J connectivity index is 3.06. The smallest absolute Gasteiger partial charge is 0.239 e. The average molecular weight is 225 g/mol. The number of nitrogen functional groups attached to an aromatic ring is 1. The molecule has 1 heterocycles. The van der Waals surface area contributed by atoms with Gasteiger partial charge in [-0.15, -0.1) is 0 Å². The zero-order valence-corrected chi connectivity index (χ0v) is 10.1. The molecule has 0 spiro atoms. The molecule has 5 N–H and O–H groups in total. The number of aromatic nitrogens is 2. The van der Waals surface area contributed by atoms with Crippen molar-refractivity contribution in [3.8, 4) is 0 Å². The number of aryl methyl sites for hydroxylation is 1. The fraction of sp³-hybridized carbons (Fsp3) is 0.600. The highest BCUT2D eigenvalue weighted by molar-refractivity contribution is 5.83. The van der Waals surface area contributed by atoms with Crippen LogP contribution >= 0.6 is 0 Å². The molecule has 1 atom stereocenters. The average Bonchev–Trinajstić information content (AvgIpc) is 2.45. The molecule has 6 nitrogen and oxygen atoms in total. The Hall–Kier alpha value is -1.72. The molecule has 1 aromatic rings. The first-order chi connectivity index (χ1) is 7.34. The van der Waals surface area contributed by atoms with E-state index in [1.165, 1.54) is 0 Å². The SMILES string of the molecule is Cc1nn(C(C)C)c(NC(C)C(N)=O)c1N. The molecule has 6 heteroatoms. The van der Waals surface area contributed by atoms with Crippen molar-refractivity contribution >= 4 is 17.4 Å². The van der Waals surface area contributed by atoms with Crippen LogP contribution in [-0.4, -0.2) is 21.7 Å². The summed E-state index contributed by atoms with van der Waals surface area (Å²) in [6.45, 7) is 7.50. The molecular weight excluding hydrogens is 206 g/mol. The number of hydrogen-bond acceptors (Lipinski definition) is 4. The van der Waals surface area contributed by atoms with Gasteiger partial charge < -0.3 is 16.8 Å². The third-order valence-electron chi connectivity index (χ3n) is 2.40. The molecule has 0 bridgehead atoms. The number of primary amides is 1. The Labute approximate surface area is 95.0 Å². The molecule has 0 saturated heterocycles. The third-order valence-corrected chi connectivity index (χ3v) is 2.40. The molecule has 0 aliphatic rings. The van der Waals surface area contributed by atoms with Gasteiger partial charge in [-0.25, -0.2) is 4.68 Å². The Kier molecular flexibility index (Phi) is 3.41. The van der Waals surface area contributed by atoms with E-state index in [4.69, 9.17) is 11.5 Å². The van der Waals surface area contributed by atoms with Gasteiger partial charge in [-0.1, -0.05) is 0 Å². The lowest BCUT2D eigenvalue weighted by atomic mass is 10.3. The third kappa shape index (κ3) is 2.26. The number of anilines is 2. The molecule has 0 aliphatic heterocycles. The minimum atomic E-state index is -0.476. The molecule has 0 fully saturated rings. The van der Waals surface area contributed by atoms with E-state index in [1.54, 1.807) is 11.6 Å². The fourth-order valence-electron chi connectivity index (χ4n) is 1.35. The number of nitrogens with two attached hydrogens (primary N) is 2. The van der Waals surface area contributed by atoms with E-state index in [0.29, 0.717) is 11.5 Å². The van der Waals surface area contributed by atoms with Crippen molar-refractivity contribution in [3.05, 3.63) is 5.69 Å². The Morgan fingerprint density at radius 1 is 1.44 bits per heavy atom. The maximum absolute atomic E-state index is 11.0. The second kappa shape index (κ2) is 4.42. The second-order valence-corrected chi connectivity index (χ2v) is 4.15. The van der Waals surface area contributed by atoms with Gasteiger partial charge in [0.1, 0.15) is 11.9 Å². The lowest BCUT2D eigenvalue weighted by Gasteiger charge is -2.16. The van der Waals surface area contributed by atoms with Gasteiger partial charge in [-0.2, -0.15) is 5.10 Å². The number of nitrogens with one attached hydrogen (secondary N) is 1. The quantitative estimate of drug-likeness (QED) is 0.700. The van der Waals surface area contributed by atoms with E-state index in [9.17, 15) is 4.79 Å². The van der Waals surface area contributed by atoms with Crippen LogP contribution in [0.25, 0.3) is 0 Å². The predicted octanol–water partition coefficient (Wildman–Crippen LogP) is 0.640. The Morgan fingerprint density at radius 2 is 2.00 bits per heavy atom. The summed E-state index contributed by atoms with van der Waals surface area (Å²) in [6, 6.07) is -0.311. The van der Waals surface area contributed by atoms with Crippen LogP contribution in [0.5, 0.6) is 0 Å². The standard InChI is InChI=1S/C10H19N5O/c1-5(2)15-10(8(11)6(3)14-15)13-7(4)9(12)16/h5,7,13H,11H2,1-4H3,(H2,12,16). The lowest BCUT2D eigenvalue weighted by molar-refractivity contribution is -0.118. The maximum atomic E-state index is 11.0. The zero-order valence-electron chi connectivity index (χ0n) is 10.1. The van der Waals surface area contributed by atoms with Gasteiger partial charge in [0.2, 0.25) is 5.91 Å². The van der Waals surface area contributed by atoms with Crippen LogP contribution in [0, 0.1) is 6.92 Å². The summed E-state index contributed by atoms with van der Waals surface area (Å²) in [5, 5.41) is 7.28. The van der Waals surface area contributed by atoms with Gasteiger partial charge in [-0.3, -0.25) is 4.79 Å². The van der Waals surface area contributed by atoms with Crippen molar-refractivity contribution in [1.29, 1.82) is 0 Å². The van der Waals surface area contributed by atoms with Crippen LogP contribution in [0.2, 0.25) is 0 Å². The molecule has 0 aromatic carbocycles. The van der Waals surface area contributed by atoms with Crippen molar-refractivity contribution in [1.82, 2.24) is 9.78 Å². The van der Waals surface area contributed by atoms with Crippen LogP contribution in [-0.2, 0) is 4.79 Å². The van der Waals surface area contributed by atoms with Crippen molar-refractivity contribution in [2.24, 2.45) is 5.73 Å². The number of rotatable bonds is 4. The molecule has 1 amide bonds. The molecule has 90 valence electrons. The van der Waals surface area contributed by atoms with Gasteiger partial charge in [0.25, 0.3) is 0 Å². The van der Waals surface area contributed by atoms with Gasteiger partial charge in [0, 0.05) is 6.04 Å². The minimum Gasteiger partial charge on any atom is -0.394 e. The summed E-state index contributed by atoms with van der Waals surface area (Å²) in [6.07, 6.45) is 0. The number of nitrogens with zero attached hydrogens (tertiary/aromatic N) is 2. The van der Waals surface area contributed by atoms with Gasteiger partial charge in [0.15, 0.2) is 0 Å². The van der Waals surface area contributed by atoms with E-state index >= 15 is 0 Å². The first kappa shape index (κ1) is 12.4. The second-order valence-electron chi connectivity index (χ2n) is 4.15. The molecule has 0 radical (unpaired) electrons. The highest BCUT2D eigenvalue weighted by Gasteiger charge is 2.18. The summed E-state index contributed by atoms with van der Waals surface area (Å²) >= 11 is 0. The molecule has 0 saturated carbocycles. The molecular formula is C10H19N5O. The lowest BCUT2D eigenvalue weighted by Crippen LogP contribution is -2.33. The van der Waals surface area contributed by atoms with E-state index in [0.717, 1.165) is 5.69 Å². The number of carbonyl (C=O) groups excluding carboxylic acids is 1. The zero-order chi connectivity index (χ0) is 12.5. The normalized spacial score (nSPS) is 12.8. The fourth-order valence-corrected chi connectivity index (χ4v) is 1.35. The molecule has 1 unspecified atom stereocenters. The molecule has 1 rings (SSSR count). The summed E-state index contributed by atoms with van der Waals surface area (Å²) in [4.78, 5) is 11.0. The summed E-state index contributed by atoms with van der Waals surface area (Å²) in [5.74, 6) is 0.229. The van der Waals surface area contributed by atoms with Crippen LogP contribution in [0.4, 0.5) is 11.5 Å². The Bertz CT molecular complexity index is 396. The van der Waals surface area contributed by atoms with Crippen molar-refractivity contribution in [2.75, 3.05) is 11.1 Å². The van der Waals surface area contributed by atoms with Gasteiger partial charge in [-0.05, 0) is 27.7 Å². The maximum Gasteiger partial charge on any atom is 0.239 e. The van der Waals surface area contributed by atoms with E-state index in [-0.39, 0.29) is 6.04 Å². The van der Waals surface area contributed by atoms with E-state index in [2.05, 4.69) is 10.4 Å². The minimum absolute atomic E-state index is 0.165. The summed E-state index contributed by atoms with van der Waals surface area (Å²) in [7, 11) is 0. The van der Waals surface area contributed by atoms with Crippen LogP contribution in [0.3, 0.4) is 0 Å². The monoisotopic (exact) mass is 225 g/mol. The van der Waals surface area contributed by atoms with Crippen LogP contribution < -0.4 is 16.8 Å². The highest BCUT2D eigenvalue weighted by Crippen LogP contribution is 2.25. The van der Waals surface area contributed by atoms with Crippen molar-refractivity contribution < 1.29 is 4.79 Å². The highest BCUT2D eigenvalue weighted by atomic mass is 16.1. The predicted molar refractivity (Wildman–Crippen MR) is 64.0 cm³/mol. The molecule has 16 heavy (non-hydrogen) atoms. The molecule has 0 aliphatic carbocycles. The number of carbonyl (C=O) groups is 1. The largest absolute Gasteiger partial charge is 0.394 e. The topological polar surface area (TPSA) is 99.0 Å². The number of amides is 1.